The molecular weight excluding hydrogens is 472 g/mol. The number of carboxylic acid groups (broad SMARTS) is 1. The number of imidazole rings is 1. The summed E-state index contributed by atoms with van der Waals surface area (Å²) >= 11 is 6.03. The van der Waals surface area contributed by atoms with Gasteiger partial charge < -0.3 is 15.3 Å². The Hall–Kier alpha value is -3.08. The quantitative estimate of drug-likeness (QED) is 0.437. The molecule has 0 aliphatic heterocycles. The number of carboxylic acids is 1. The molecule has 3 rings (SSSR count). The van der Waals surface area contributed by atoms with Crippen LogP contribution in [0.4, 0.5) is 0 Å². The van der Waals surface area contributed by atoms with Gasteiger partial charge in [-0.25, -0.2) is 18.0 Å². The molecule has 0 aliphatic carbocycles. The summed E-state index contributed by atoms with van der Waals surface area (Å²) in [7, 11) is -2.99. The number of sulfone groups is 1. The lowest BCUT2D eigenvalue weighted by Crippen LogP contribution is -2.47. The summed E-state index contributed by atoms with van der Waals surface area (Å²) in [4.78, 5) is 24.0. The molecule has 0 amide bonds. The van der Waals surface area contributed by atoms with Gasteiger partial charge in [0.05, 0.1) is 16.8 Å². The molecule has 0 radical (unpaired) electrons. The zero-order valence-electron chi connectivity index (χ0n) is 17.8. The summed E-state index contributed by atoms with van der Waals surface area (Å²) in [6.07, 6.45) is 0.480. The Kier molecular flexibility index (Phi) is 6.73. The van der Waals surface area contributed by atoms with E-state index in [-0.39, 0.29) is 9.92 Å². The smallest absolute Gasteiger partial charge is 0.336 e. The molecule has 3 aromatic rings. The highest BCUT2D eigenvalue weighted by molar-refractivity contribution is 7.91. The topological polar surface area (TPSA) is 139 Å². The van der Waals surface area contributed by atoms with Crippen LogP contribution >= 0.6 is 11.6 Å². The number of nitrogens with zero attached hydrogens (tertiary/aromatic N) is 2. The van der Waals surface area contributed by atoms with Crippen molar-refractivity contribution in [3.8, 4) is 17.0 Å². The van der Waals surface area contributed by atoms with Crippen molar-refractivity contribution >= 4 is 27.4 Å². The Morgan fingerprint density at radius 1 is 1.18 bits per heavy atom. The van der Waals surface area contributed by atoms with E-state index in [4.69, 9.17) is 11.6 Å². The van der Waals surface area contributed by atoms with Gasteiger partial charge in [-0.2, -0.15) is 0 Å². The first-order chi connectivity index (χ1) is 15.4. The Bertz CT molecular complexity index is 1350. The normalized spacial score (nSPS) is 14.5. The fourth-order valence-electron chi connectivity index (χ4n) is 3.76. The van der Waals surface area contributed by atoms with Gasteiger partial charge in [0, 0.05) is 30.1 Å². The largest absolute Gasteiger partial charge is 0.493 e. The molecule has 0 aliphatic rings. The Morgan fingerprint density at radius 3 is 2.36 bits per heavy atom. The summed E-state index contributed by atoms with van der Waals surface area (Å²) in [6, 6.07) is 11.8. The second-order valence-corrected chi connectivity index (χ2v) is 10.3. The molecule has 0 saturated heterocycles. The van der Waals surface area contributed by atoms with E-state index in [1.54, 1.807) is 30.3 Å². The number of aromatic hydroxyl groups is 1. The van der Waals surface area contributed by atoms with Crippen molar-refractivity contribution < 1.29 is 28.5 Å². The van der Waals surface area contributed by atoms with Crippen LogP contribution in [0.25, 0.3) is 11.1 Å². The maximum Gasteiger partial charge on any atom is 0.336 e. The highest BCUT2D eigenvalue weighted by atomic mass is 35.5. The van der Waals surface area contributed by atoms with Crippen LogP contribution < -0.4 is 5.69 Å². The fraction of sp³-hybridized carbons (Fsp3) is 0.273. The fourth-order valence-corrected chi connectivity index (χ4v) is 5.85. The van der Waals surface area contributed by atoms with E-state index in [0.29, 0.717) is 11.1 Å². The van der Waals surface area contributed by atoms with Gasteiger partial charge in [0.25, 0.3) is 0 Å². The number of aryl methyl sites for hydroxylation is 1. The van der Waals surface area contributed by atoms with Gasteiger partial charge in [-0.1, -0.05) is 48.0 Å². The van der Waals surface area contributed by atoms with E-state index in [2.05, 4.69) is 0 Å². The summed E-state index contributed by atoms with van der Waals surface area (Å²) in [6.45, 7) is 1.40. The highest BCUT2D eigenvalue weighted by Gasteiger charge is 2.44. The van der Waals surface area contributed by atoms with Crippen molar-refractivity contribution in [3.05, 3.63) is 70.2 Å². The minimum atomic E-state index is -4.38. The summed E-state index contributed by atoms with van der Waals surface area (Å²) in [5.41, 5.74) is -2.52. The minimum Gasteiger partial charge on any atom is -0.493 e. The number of carbonyl (C=O) groups is 1. The third kappa shape index (κ3) is 4.97. The van der Waals surface area contributed by atoms with Gasteiger partial charge in [0.1, 0.15) is 0 Å². The van der Waals surface area contributed by atoms with Crippen LogP contribution in [-0.4, -0.2) is 50.2 Å². The second kappa shape index (κ2) is 9.05. The Morgan fingerprint density at radius 2 is 1.82 bits per heavy atom. The number of hydrogen-bond donors (Lipinski definition) is 3. The lowest BCUT2D eigenvalue weighted by atomic mass is 9.97. The van der Waals surface area contributed by atoms with E-state index >= 15 is 0 Å². The van der Waals surface area contributed by atoms with Crippen LogP contribution in [0.2, 0.25) is 5.02 Å². The number of aliphatic carboxylic acids is 1. The van der Waals surface area contributed by atoms with Crippen LogP contribution in [0.5, 0.6) is 5.88 Å². The first kappa shape index (κ1) is 24.6. The minimum absolute atomic E-state index is 0.126. The van der Waals surface area contributed by atoms with Crippen molar-refractivity contribution in [3.63, 3.8) is 0 Å². The van der Waals surface area contributed by atoms with Crippen molar-refractivity contribution in [2.75, 3.05) is 5.75 Å². The molecule has 0 bridgehead atoms. The maximum absolute atomic E-state index is 13.4. The standard InChI is InChI=1S/C22H23ClN2O7S/c1-14(25-19(26)12-24(2)21(25)29)11-22(30,20(27)28)13-33(31,32)18-10-16(23)8-9-17(18)15-6-4-3-5-7-15/h3-10,12,14,26,30H,11,13H2,1-2H3,(H,27,28). The molecule has 1 heterocycles. The van der Waals surface area contributed by atoms with Crippen LogP contribution in [0.3, 0.4) is 0 Å². The van der Waals surface area contributed by atoms with Gasteiger partial charge in [-0.3, -0.25) is 9.13 Å². The predicted octanol–water partition coefficient (Wildman–Crippen LogP) is 2.45. The maximum atomic E-state index is 13.4. The molecule has 0 saturated carbocycles. The van der Waals surface area contributed by atoms with E-state index in [1.807, 2.05) is 0 Å². The molecule has 2 unspecified atom stereocenters. The van der Waals surface area contributed by atoms with E-state index < -0.39 is 51.2 Å². The lowest BCUT2D eigenvalue weighted by Gasteiger charge is -2.27. The number of aromatic nitrogens is 2. The van der Waals surface area contributed by atoms with Gasteiger partial charge >= 0.3 is 11.7 Å². The van der Waals surface area contributed by atoms with Crippen LogP contribution in [0.1, 0.15) is 19.4 Å². The van der Waals surface area contributed by atoms with Crippen LogP contribution in [0, 0.1) is 0 Å². The number of benzene rings is 2. The Balaban J connectivity index is 2.03. The monoisotopic (exact) mass is 494 g/mol. The van der Waals surface area contributed by atoms with Crippen LogP contribution in [-0.2, 0) is 21.7 Å². The summed E-state index contributed by atoms with van der Waals surface area (Å²) in [5.74, 6) is -3.38. The first-order valence-corrected chi connectivity index (χ1v) is 11.9. The molecular formula is C22H23ClN2O7S. The van der Waals surface area contributed by atoms with Gasteiger partial charge in [0.15, 0.2) is 15.4 Å². The van der Waals surface area contributed by atoms with Crippen LogP contribution in [0.15, 0.2) is 64.4 Å². The summed E-state index contributed by atoms with van der Waals surface area (Å²) in [5, 5.41) is 30.8. The number of aliphatic hydroxyl groups is 1. The second-order valence-electron chi connectivity index (χ2n) is 7.91. The molecule has 1 aromatic heterocycles. The average molecular weight is 495 g/mol. The Labute approximate surface area is 195 Å². The average Bonchev–Trinajstić information content (AvgIpc) is 2.99. The lowest BCUT2D eigenvalue weighted by molar-refractivity contribution is -0.157. The third-order valence-corrected chi connectivity index (χ3v) is 7.43. The van der Waals surface area contributed by atoms with Gasteiger partial charge in [-0.05, 0) is 24.6 Å². The number of halogens is 1. The van der Waals surface area contributed by atoms with Gasteiger partial charge in [-0.15, -0.1) is 0 Å². The molecule has 2 aromatic carbocycles. The van der Waals surface area contributed by atoms with E-state index in [1.165, 1.54) is 32.2 Å². The molecule has 11 heteroatoms. The van der Waals surface area contributed by atoms with Crippen molar-refractivity contribution in [2.24, 2.45) is 7.05 Å². The predicted molar refractivity (Wildman–Crippen MR) is 122 cm³/mol. The molecule has 176 valence electrons. The number of hydrogen-bond acceptors (Lipinski definition) is 6. The van der Waals surface area contributed by atoms with Crippen molar-refractivity contribution in [1.29, 1.82) is 0 Å². The SMILES string of the molecule is CC(CC(O)(CS(=O)(=O)c1cc(Cl)ccc1-c1ccccc1)C(=O)O)n1c(O)cn(C)c1=O. The highest BCUT2D eigenvalue weighted by Crippen LogP contribution is 2.33. The summed E-state index contributed by atoms with van der Waals surface area (Å²) < 4.78 is 28.7. The molecule has 3 N–H and O–H groups in total. The molecule has 33 heavy (non-hydrogen) atoms. The molecule has 0 fully saturated rings. The van der Waals surface area contributed by atoms with Crippen molar-refractivity contribution in [2.45, 2.75) is 29.9 Å². The zero-order chi connectivity index (χ0) is 24.6. The van der Waals surface area contributed by atoms with Gasteiger partial charge in [0.2, 0.25) is 5.88 Å². The zero-order valence-corrected chi connectivity index (χ0v) is 19.4. The number of rotatable bonds is 8. The molecule has 0 spiro atoms. The van der Waals surface area contributed by atoms with E-state index in [0.717, 1.165) is 15.3 Å². The molecule has 9 nitrogen and oxygen atoms in total. The molecule has 2 atom stereocenters. The third-order valence-electron chi connectivity index (χ3n) is 5.33. The first-order valence-electron chi connectivity index (χ1n) is 9.86. The van der Waals surface area contributed by atoms with E-state index in [9.17, 15) is 33.3 Å². The van der Waals surface area contributed by atoms with Crippen molar-refractivity contribution in [1.82, 2.24) is 9.13 Å².